The zero-order valence-corrected chi connectivity index (χ0v) is 18.3. The van der Waals surface area contributed by atoms with Crippen molar-refractivity contribution in [1.82, 2.24) is 15.0 Å². The maximum Gasteiger partial charge on any atom is 0.231 e. The van der Waals surface area contributed by atoms with Crippen molar-refractivity contribution in [3.63, 3.8) is 0 Å². The molecule has 4 aliphatic carbocycles. The van der Waals surface area contributed by atoms with Crippen molar-refractivity contribution in [1.29, 1.82) is 0 Å². The van der Waals surface area contributed by atoms with Crippen LogP contribution in [0.1, 0.15) is 63.2 Å². The summed E-state index contributed by atoms with van der Waals surface area (Å²) in [6.45, 7) is 1.58. The maximum atomic E-state index is 13.8. The monoisotopic (exact) mass is 421 g/mol. The van der Waals surface area contributed by atoms with Gasteiger partial charge >= 0.3 is 0 Å². The summed E-state index contributed by atoms with van der Waals surface area (Å²) in [5.41, 5.74) is 0.809. The molecule has 4 bridgehead atoms. The van der Waals surface area contributed by atoms with Crippen molar-refractivity contribution in [3.05, 3.63) is 30.2 Å². The number of rotatable bonds is 4. The predicted molar refractivity (Wildman–Crippen MR) is 115 cm³/mol. The first-order valence-electron chi connectivity index (χ1n) is 11.9. The van der Waals surface area contributed by atoms with Gasteiger partial charge in [-0.15, -0.1) is 0 Å². The summed E-state index contributed by atoms with van der Waals surface area (Å²) in [4.78, 5) is 20.6. The zero-order chi connectivity index (χ0) is 21.0. The molecule has 0 spiro atoms. The molecule has 2 heterocycles. The first-order valence-corrected chi connectivity index (χ1v) is 11.9. The SMILES string of the molecule is COc1cccc(-c2noc([C@H]3CCCN(C(=O)C45CC6CC(CC(C6)C4)C5)C3)n2)c1. The topological polar surface area (TPSA) is 68.5 Å². The molecule has 164 valence electrons. The van der Waals surface area contributed by atoms with Crippen LogP contribution >= 0.6 is 0 Å². The van der Waals surface area contributed by atoms with Crippen LogP contribution < -0.4 is 4.74 Å². The lowest BCUT2D eigenvalue weighted by Gasteiger charge is -2.57. The van der Waals surface area contributed by atoms with E-state index in [-0.39, 0.29) is 11.3 Å². The number of hydrogen-bond donors (Lipinski definition) is 0. The molecular weight excluding hydrogens is 390 g/mol. The van der Waals surface area contributed by atoms with Crippen LogP contribution in [-0.2, 0) is 4.79 Å². The molecule has 6 heteroatoms. The molecule has 5 aliphatic rings. The van der Waals surface area contributed by atoms with Gasteiger partial charge in [0.05, 0.1) is 18.4 Å². The third kappa shape index (κ3) is 3.35. The molecule has 2 aromatic rings. The molecule has 7 rings (SSSR count). The summed E-state index contributed by atoms with van der Waals surface area (Å²) in [5.74, 6) is 4.92. The van der Waals surface area contributed by atoms with E-state index in [1.54, 1.807) is 7.11 Å². The van der Waals surface area contributed by atoms with E-state index in [0.717, 1.165) is 67.7 Å². The smallest absolute Gasteiger partial charge is 0.231 e. The number of amides is 1. The molecule has 0 unspecified atom stereocenters. The summed E-state index contributed by atoms with van der Waals surface area (Å²) in [7, 11) is 1.65. The van der Waals surface area contributed by atoms with E-state index >= 15 is 0 Å². The summed E-state index contributed by atoms with van der Waals surface area (Å²) in [6.07, 6.45) is 9.46. The van der Waals surface area contributed by atoms with Crippen LogP contribution in [0.25, 0.3) is 11.4 Å². The number of carbonyl (C=O) groups is 1. The summed E-state index contributed by atoms with van der Waals surface area (Å²) < 4.78 is 11.0. The average Bonchev–Trinajstić information content (AvgIpc) is 3.28. The third-order valence-electron chi connectivity index (χ3n) is 8.32. The summed E-state index contributed by atoms with van der Waals surface area (Å²) >= 11 is 0. The molecule has 1 aromatic carbocycles. The van der Waals surface area contributed by atoms with Gasteiger partial charge in [0.1, 0.15) is 5.75 Å². The van der Waals surface area contributed by atoms with Gasteiger partial charge in [-0.3, -0.25) is 4.79 Å². The number of hydrogen-bond acceptors (Lipinski definition) is 5. The fourth-order valence-electron chi connectivity index (χ4n) is 7.35. The van der Waals surface area contributed by atoms with Gasteiger partial charge in [-0.1, -0.05) is 17.3 Å². The van der Waals surface area contributed by atoms with Crippen LogP contribution in [0.4, 0.5) is 0 Å². The van der Waals surface area contributed by atoms with Gasteiger partial charge in [0.2, 0.25) is 17.6 Å². The minimum absolute atomic E-state index is 0.0722. The Morgan fingerprint density at radius 3 is 2.61 bits per heavy atom. The lowest BCUT2D eigenvalue weighted by Crippen LogP contribution is -2.55. The number of carbonyl (C=O) groups excluding carboxylic acids is 1. The molecule has 4 saturated carbocycles. The van der Waals surface area contributed by atoms with Gasteiger partial charge < -0.3 is 14.2 Å². The van der Waals surface area contributed by atoms with Gasteiger partial charge in [0, 0.05) is 18.7 Å². The van der Waals surface area contributed by atoms with Crippen LogP contribution in [0, 0.1) is 23.2 Å². The predicted octanol–water partition coefficient (Wildman–Crippen LogP) is 4.67. The fraction of sp³-hybridized carbons (Fsp3) is 0.640. The van der Waals surface area contributed by atoms with Gasteiger partial charge in [-0.2, -0.15) is 4.98 Å². The second kappa shape index (κ2) is 7.35. The van der Waals surface area contributed by atoms with Gasteiger partial charge in [-0.05, 0) is 81.3 Å². The molecule has 6 nitrogen and oxygen atoms in total. The van der Waals surface area contributed by atoms with Crippen molar-refractivity contribution in [2.45, 2.75) is 57.3 Å². The Labute approximate surface area is 183 Å². The Kier molecular flexibility index (Phi) is 4.58. The Bertz CT molecular complexity index is 949. The normalized spacial score (nSPS) is 34.2. The number of nitrogens with zero attached hydrogens (tertiary/aromatic N) is 3. The van der Waals surface area contributed by atoms with Crippen molar-refractivity contribution >= 4 is 5.91 Å². The molecule has 1 saturated heterocycles. The molecule has 0 N–H and O–H groups in total. The number of ether oxygens (including phenoxy) is 1. The molecule has 5 fully saturated rings. The number of aromatic nitrogens is 2. The minimum Gasteiger partial charge on any atom is -0.497 e. The highest BCUT2D eigenvalue weighted by atomic mass is 16.5. The van der Waals surface area contributed by atoms with Gasteiger partial charge in [0.25, 0.3) is 0 Å². The lowest BCUT2D eigenvalue weighted by atomic mass is 9.49. The Morgan fingerprint density at radius 1 is 1.16 bits per heavy atom. The average molecular weight is 422 g/mol. The maximum absolute atomic E-state index is 13.8. The summed E-state index contributed by atoms with van der Waals surface area (Å²) in [6, 6.07) is 7.70. The molecule has 1 atom stereocenters. The van der Waals surface area contributed by atoms with Crippen LogP contribution in [0.2, 0.25) is 0 Å². The third-order valence-corrected chi connectivity index (χ3v) is 8.32. The molecular formula is C25H31N3O3. The minimum atomic E-state index is -0.0722. The van der Waals surface area contributed by atoms with E-state index in [0.29, 0.717) is 24.2 Å². The molecule has 1 amide bonds. The first kappa shape index (κ1) is 19.3. The van der Waals surface area contributed by atoms with E-state index in [1.165, 1.54) is 19.3 Å². The van der Waals surface area contributed by atoms with E-state index in [2.05, 4.69) is 10.1 Å². The lowest BCUT2D eigenvalue weighted by molar-refractivity contribution is -0.159. The molecule has 1 aliphatic heterocycles. The largest absolute Gasteiger partial charge is 0.497 e. The standard InChI is InChI=1S/C25H31N3O3/c1-30-21-6-2-4-19(11-21)22-26-23(31-27-22)20-5-3-7-28(15-20)24(29)25-12-16-8-17(13-25)10-18(9-16)14-25/h2,4,6,11,16-18,20H,3,5,7-10,12-15H2,1H3/t16?,17?,18?,20-,25?/m0/s1. The highest BCUT2D eigenvalue weighted by molar-refractivity contribution is 5.83. The quantitative estimate of drug-likeness (QED) is 0.718. The van der Waals surface area contributed by atoms with E-state index < -0.39 is 0 Å². The van der Waals surface area contributed by atoms with Crippen LogP contribution in [-0.4, -0.2) is 41.1 Å². The van der Waals surface area contributed by atoms with Crippen LogP contribution in [0.3, 0.4) is 0 Å². The van der Waals surface area contributed by atoms with Crippen molar-refractivity contribution in [2.24, 2.45) is 23.2 Å². The van der Waals surface area contributed by atoms with E-state index in [1.807, 2.05) is 24.3 Å². The molecule has 0 radical (unpaired) electrons. The van der Waals surface area contributed by atoms with Crippen molar-refractivity contribution in [3.8, 4) is 17.1 Å². The fourth-order valence-corrected chi connectivity index (χ4v) is 7.35. The number of piperidine rings is 1. The second-order valence-electron chi connectivity index (χ2n) is 10.5. The summed E-state index contributed by atoms with van der Waals surface area (Å²) in [5, 5.41) is 4.22. The van der Waals surface area contributed by atoms with Crippen molar-refractivity contribution < 1.29 is 14.1 Å². The van der Waals surface area contributed by atoms with Crippen LogP contribution in [0.15, 0.2) is 28.8 Å². The highest BCUT2D eigenvalue weighted by Gasteiger charge is 2.55. The van der Waals surface area contributed by atoms with Crippen LogP contribution in [0.5, 0.6) is 5.75 Å². The Morgan fingerprint density at radius 2 is 1.90 bits per heavy atom. The van der Waals surface area contributed by atoms with E-state index in [4.69, 9.17) is 14.2 Å². The molecule has 1 aromatic heterocycles. The number of methoxy groups -OCH3 is 1. The highest BCUT2D eigenvalue weighted by Crippen LogP contribution is 2.60. The van der Waals surface area contributed by atoms with Crippen molar-refractivity contribution in [2.75, 3.05) is 20.2 Å². The van der Waals surface area contributed by atoms with Gasteiger partial charge in [0.15, 0.2) is 0 Å². The number of benzene rings is 1. The Hall–Kier alpha value is -2.37. The van der Waals surface area contributed by atoms with E-state index in [9.17, 15) is 4.79 Å². The second-order valence-corrected chi connectivity index (χ2v) is 10.5. The number of likely N-dealkylation sites (tertiary alicyclic amines) is 1. The first-order chi connectivity index (χ1) is 15.1. The van der Waals surface area contributed by atoms with Gasteiger partial charge in [-0.25, -0.2) is 0 Å². The molecule has 31 heavy (non-hydrogen) atoms. The zero-order valence-electron chi connectivity index (χ0n) is 18.3. The Balaban J connectivity index is 1.19.